The molecule has 1 rings (SSSR count). The van der Waals surface area contributed by atoms with Crippen LogP contribution in [0.15, 0.2) is 16.3 Å². The van der Waals surface area contributed by atoms with Crippen LogP contribution in [0.4, 0.5) is 0 Å². The summed E-state index contributed by atoms with van der Waals surface area (Å²) < 4.78 is 22.5. The van der Waals surface area contributed by atoms with Gasteiger partial charge in [-0.3, -0.25) is 10.1 Å². The third kappa shape index (κ3) is 2.49. The maximum absolute atomic E-state index is 11.2. The predicted molar refractivity (Wildman–Crippen MR) is 48.1 cm³/mol. The van der Waals surface area contributed by atoms with E-state index in [1.807, 2.05) is 0 Å². The highest BCUT2D eigenvalue weighted by molar-refractivity contribution is 7.93. The van der Waals surface area contributed by atoms with E-state index in [1.165, 1.54) is 6.07 Å². The molecule has 0 aliphatic heterocycles. The van der Waals surface area contributed by atoms with Gasteiger partial charge >= 0.3 is 5.88 Å². The van der Waals surface area contributed by atoms with E-state index in [4.69, 9.17) is 0 Å². The lowest BCUT2D eigenvalue weighted by Crippen LogP contribution is -2.13. The van der Waals surface area contributed by atoms with Crippen molar-refractivity contribution in [2.45, 2.75) is 11.1 Å². The number of sulfone groups is 1. The molecule has 0 unspecified atom stereocenters. The maximum Gasteiger partial charge on any atom is 0.306 e. The van der Waals surface area contributed by atoms with E-state index in [-0.39, 0.29) is 4.21 Å². The van der Waals surface area contributed by atoms with Crippen LogP contribution in [-0.4, -0.2) is 19.2 Å². The summed E-state index contributed by atoms with van der Waals surface area (Å²) in [5, 5.41) is 10.0. The quantitative estimate of drug-likeness (QED) is 0.565. The minimum atomic E-state index is -3.72. The summed E-state index contributed by atoms with van der Waals surface area (Å²) in [6, 6.07) is 3.01. The van der Waals surface area contributed by atoms with E-state index in [2.05, 4.69) is 0 Å². The van der Waals surface area contributed by atoms with Crippen molar-refractivity contribution < 1.29 is 13.3 Å². The zero-order valence-corrected chi connectivity index (χ0v) is 8.39. The largest absolute Gasteiger partial charge is 0.306 e. The highest BCUT2D eigenvalue weighted by Gasteiger charge is 2.22. The second-order valence-corrected chi connectivity index (χ2v) is 5.92. The van der Waals surface area contributed by atoms with Gasteiger partial charge in [-0.25, -0.2) is 8.42 Å². The minimum Gasteiger partial charge on any atom is -0.263 e. The van der Waals surface area contributed by atoms with Crippen LogP contribution in [0.1, 0.15) is 4.88 Å². The molecule has 0 aromatic carbocycles. The molecule has 13 heavy (non-hydrogen) atoms. The number of nitro groups is 1. The van der Waals surface area contributed by atoms with Gasteiger partial charge in [-0.1, -0.05) is 0 Å². The third-order valence-electron chi connectivity index (χ3n) is 1.30. The highest BCUT2D eigenvalue weighted by atomic mass is 32.2. The molecule has 1 aromatic rings. The van der Waals surface area contributed by atoms with E-state index in [0.717, 1.165) is 16.2 Å². The first-order chi connectivity index (χ1) is 5.92. The van der Waals surface area contributed by atoms with E-state index in [1.54, 1.807) is 13.0 Å². The molecular formula is C6H7NO4S2. The van der Waals surface area contributed by atoms with Gasteiger partial charge in [0.1, 0.15) is 4.21 Å². The van der Waals surface area contributed by atoms with Crippen molar-refractivity contribution in [2.24, 2.45) is 0 Å². The van der Waals surface area contributed by atoms with E-state index >= 15 is 0 Å². The Hall–Kier alpha value is -0.950. The fourth-order valence-electron chi connectivity index (χ4n) is 0.782. The molecule has 1 heterocycles. The lowest BCUT2D eigenvalue weighted by atomic mass is 10.5. The molecule has 1 aromatic heterocycles. The molecule has 0 bridgehead atoms. The summed E-state index contributed by atoms with van der Waals surface area (Å²) in [6.07, 6.45) is 0. The summed E-state index contributed by atoms with van der Waals surface area (Å²) in [7, 11) is -3.72. The number of hydrogen-bond acceptors (Lipinski definition) is 5. The lowest BCUT2D eigenvalue weighted by Gasteiger charge is -1.93. The molecule has 0 fully saturated rings. The van der Waals surface area contributed by atoms with Crippen molar-refractivity contribution in [1.82, 2.24) is 0 Å². The second kappa shape index (κ2) is 3.43. The first kappa shape index (κ1) is 10.1. The first-order valence-corrected chi connectivity index (χ1v) is 5.80. The van der Waals surface area contributed by atoms with Gasteiger partial charge in [0.05, 0.1) is 0 Å². The number of thiophene rings is 1. The molecule has 0 saturated carbocycles. The summed E-state index contributed by atoms with van der Waals surface area (Å²) in [5.41, 5.74) is 0. The number of nitrogens with zero attached hydrogens (tertiary/aromatic N) is 1. The van der Waals surface area contributed by atoms with Gasteiger partial charge in [0.2, 0.25) is 0 Å². The van der Waals surface area contributed by atoms with Crippen molar-refractivity contribution >= 4 is 21.2 Å². The standard InChI is InChI=1S/C6H7NO4S2/c1-5-2-3-6(12-5)13(10,11)4-7(8)9/h2-3H,4H2,1H3. The van der Waals surface area contributed by atoms with Gasteiger partial charge < -0.3 is 0 Å². The molecule has 0 spiro atoms. The van der Waals surface area contributed by atoms with Gasteiger partial charge in [-0.05, 0) is 19.1 Å². The monoisotopic (exact) mass is 221 g/mol. The molecule has 0 aliphatic rings. The Balaban J connectivity index is 3.01. The SMILES string of the molecule is Cc1ccc(S(=O)(=O)C[N+](=O)[O-])s1. The van der Waals surface area contributed by atoms with Crippen molar-refractivity contribution in [3.05, 3.63) is 27.1 Å². The zero-order valence-electron chi connectivity index (χ0n) is 6.76. The van der Waals surface area contributed by atoms with Gasteiger partial charge in [0.25, 0.3) is 9.84 Å². The molecule has 0 atom stereocenters. The zero-order chi connectivity index (χ0) is 10.1. The van der Waals surface area contributed by atoms with Gasteiger partial charge in [-0.15, -0.1) is 11.3 Å². The van der Waals surface area contributed by atoms with E-state index in [0.29, 0.717) is 0 Å². The summed E-state index contributed by atoms with van der Waals surface area (Å²) in [4.78, 5) is 10.0. The Bertz CT molecular complexity index is 420. The van der Waals surface area contributed by atoms with Crippen LogP contribution in [-0.2, 0) is 9.84 Å². The third-order valence-corrected chi connectivity index (χ3v) is 4.40. The average Bonchev–Trinajstić information content (AvgIpc) is 2.32. The molecular weight excluding hydrogens is 214 g/mol. The first-order valence-electron chi connectivity index (χ1n) is 3.33. The molecule has 7 heteroatoms. The minimum absolute atomic E-state index is 0.0571. The van der Waals surface area contributed by atoms with E-state index in [9.17, 15) is 18.5 Å². The summed E-state index contributed by atoms with van der Waals surface area (Å²) in [5.74, 6) is -1.03. The topological polar surface area (TPSA) is 77.3 Å². The number of hydrogen-bond donors (Lipinski definition) is 0. The number of aryl methyl sites for hydroxylation is 1. The predicted octanol–water partition coefficient (Wildman–Crippen LogP) is 1.06. The number of rotatable bonds is 3. The Morgan fingerprint density at radius 2 is 2.15 bits per heavy atom. The van der Waals surface area contributed by atoms with Gasteiger partial charge in [0.15, 0.2) is 0 Å². The Morgan fingerprint density at radius 1 is 1.54 bits per heavy atom. The fourth-order valence-corrected chi connectivity index (χ4v) is 3.11. The van der Waals surface area contributed by atoms with Crippen LogP contribution < -0.4 is 0 Å². The Morgan fingerprint density at radius 3 is 2.54 bits per heavy atom. The summed E-state index contributed by atoms with van der Waals surface area (Å²) in [6.45, 7) is 1.75. The fraction of sp³-hybridized carbons (Fsp3) is 0.333. The normalized spacial score (nSPS) is 11.5. The van der Waals surface area contributed by atoms with Crippen molar-refractivity contribution in [3.8, 4) is 0 Å². The van der Waals surface area contributed by atoms with Gasteiger partial charge in [-0.2, -0.15) is 0 Å². The van der Waals surface area contributed by atoms with Gasteiger partial charge in [0, 0.05) is 9.80 Å². The molecule has 0 radical (unpaired) electrons. The maximum atomic E-state index is 11.2. The lowest BCUT2D eigenvalue weighted by molar-refractivity contribution is -0.458. The molecule has 0 aliphatic carbocycles. The van der Waals surface area contributed by atoms with Crippen LogP contribution in [0.3, 0.4) is 0 Å². The molecule has 5 nitrogen and oxygen atoms in total. The van der Waals surface area contributed by atoms with E-state index < -0.39 is 20.6 Å². The van der Waals surface area contributed by atoms with Crippen LogP contribution in [0.2, 0.25) is 0 Å². The van der Waals surface area contributed by atoms with Crippen molar-refractivity contribution in [3.63, 3.8) is 0 Å². The smallest absolute Gasteiger partial charge is 0.263 e. The van der Waals surface area contributed by atoms with Crippen LogP contribution in [0, 0.1) is 17.0 Å². The Kier molecular flexibility index (Phi) is 2.67. The summed E-state index contributed by atoms with van der Waals surface area (Å²) >= 11 is 1.04. The van der Waals surface area contributed by atoms with Crippen LogP contribution in [0.25, 0.3) is 0 Å². The molecule has 72 valence electrons. The average molecular weight is 221 g/mol. The highest BCUT2D eigenvalue weighted by Crippen LogP contribution is 2.21. The Labute approximate surface area is 79.1 Å². The van der Waals surface area contributed by atoms with Crippen molar-refractivity contribution in [2.75, 3.05) is 5.88 Å². The van der Waals surface area contributed by atoms with Crippen molar-refractivity contribution in [1.29, 1.82) is 0 Å². The van der Waals surface area contributed by atoms with Crippen LogP contribution >= 0.6 is 11.3 Å². The second-order valence-electron chi connectivity index (χ2n) is 2.44. The van der Waals surface area contributed by atoms with Crippen LogP contribution in [0.5, 0.6) is 0 Å². The molecule has 0 saturated heterocycles. The molecule has 0 amide bonds. The molecule has 0 N–H and O–H groups in total.